The number of nitrogens with one attached hydrogen (secondary N) is 2. The van der Waals surface area contributed by atoms with Crippen LogP contribution in [0.3, 0.4) is 0 Å². The molecule has 1 fully saturated rings. The Hall–Kier alpha value is -4.68. The molecule has 0 bridgehead atoms. The van der Waals surface area contributed by atoms with Crippen LogP contribution in [0.4, 0.5) is 21.7 Å². The predicted molar refractivity (Wildman–Crippen MR) is 158 cm³/mol. The molecule has 0 spiro atoms. The summed E-state index contributed by atoms with van der Waals surface area (Å²) in [5, 5.41) is 19.6. The van der Waals surface area contributed by atoms with Crippen molar-refractivity contribution in [2.75, 3.05) is 24.1 Å². The summed E-state index contributed by atoms with van der Waals surface area (Å²) in [5.74, 6) is -0.0115. The molecule has 1 aliphatic heterocycles. The van der Waals surface area contributed by atoms with E-state index in [9.17, 15) is 9.18 Å². The standard InChI is InChI=1S/C29H28ClFN10O/c1-17(28-38-37-25-10-9-24(39-41(25)28)35-21-6-4-5-20(30)14-21)34-29(42)26-27(32)33-15-23(36-26)18-7-8-19(22(31)13-18)16-40-11-2-3-12-40/h4-10,13-15,17H,2-3,11-12,16H2,1H3,(H2,32,33)(H,34,42)(H,35,39)/t17-/m1/s1. The van der Waals surface area contributed by atoms with Crippen LogP contribution in [0.15, 0.2) is 60.8 Å². The van der Waals surface area contributed by atoms with Gasteiger partial charge in [-0.1, -0.05) is 29.8 Å². The molecule has 13 heteroatoms. The van der Waals surface area contributed by atoms with Gasteiger partial charge in [-0.15, -0.1) is 15.3 Å². The van der Waals surface area contributed by atoms with Crippen LogP contribution in [0.1, 0.15) is 47.7 Å². The van der Waals surface area contributed by atoms with Gasteiger partial charge in [-0.25, -0.2) is 14.4 Å². The molecule has 0 unspecified atom stereocenters. The molecule has 2 aromatic carbocycles. The molecule has 1 amide bonds. The van der Waals surface area contributed by atoms with E-state index in [4.69, 9.17) is 17.3 Å². The van der Waals surface area contributed by atoms with Gasteiger partial charge < -0.3 is 16.4 Å². The third kappa shape index (κ3) is 5.85. The molecule has 4 N–H and O–H groups in total. The van der Waals surface area contributed by atoms with E-state index in [0.717, 1.165) is 31.6 Å². The van der Waals surface area contributed by atoms with Crippen LogP contribution < -0.4 is 16.4 Å². The van der Waals surface area contributed by atoms with Gasteiger partial charge in [-0.3, -0.25) is 9.69 Å². The number of carbonyl (C=O) groups excluding carboxylic acids is 1. The van der Waals surface area contributed by atoms with Crippen molar-refractivity contribution in [2.24, 2.45) is 0 Å². The van der Waals surface area contributed by atoms with Crippen LogP contribution in [-0.2, 0) is 6.54 Å². The highest BCUT2D eigenvalue weighted by atomic mass is 35.5. The van der Waals surface area contributed by atoms with Gasteiger partial charge in [0, 0.05) is 28.4 Å². The van der Waals surface area contributed by atoms with E-state index in [-0.39, 0.29) is 17.3 Å². The number of anilines is 3. The lowest BCUT2D eigenvalue weighted by atomic mass is 10.1. The first-order valence-electron chi connectivity index (χ1n) is 13.5. The number of aromatic nitrogens is 6. The number of nitrogens with zero attached hydrogens (tertiary/aromatic N) is 7. The lowest BCUT2D eigenvalue weighted by molar-refractivity contribution is 0.0933. The number of nitrogens with two attached hydrogens (primary N) is 1. The van der Waals surface area contributed by atoms with Gasteiger partial charge in [0.25, 0.3) is 5.91 Å². The Bertz CT molecular complexity index is 1770. The maximum Gasteiger partial charge on any atom is 0.274 e. The lowest BCUT2D eigenvalue weighted by Gasteiger charge is -2.16. The molecule has 0 radical (unpaired) electrons. The Balaban J connectivity index is 1.20. The highest BCUT2D eigenvalue weighted by Gasteiger charge is 2.22. The summed E-state index contributed by atoms with van der Waals surface area (Å²) in [6, 6.07) is 15.1. The van der Waals surface area contributed by atoms with Crippen LogP contribution in [0.5, 0.6) is 0 Å². The summed E-state index contributed by atoms with van der Waals surface area (Å²) in [4.78, 5) is 24.1. The molecule has 0 aliphatic carbocycles. The van der Waals surface area contributed by atoms with E-state index in [1.54, 1.807) is 43.3 Å². The number of nitrogen functional groups attached to an aromatic ring is 1. The van der Waals surface area contributed by atoms with Crippen molar-refractivity contribution in [1.29, 1.82) is 0 Å². The van der Waals surface area contributed by atoms with Crippen molar-refractivity contribution in [2.45, 2.75) is 32.4 Å². The van der Waals surface area contributed by atoms with E-state index < -0.39 is 11.9 Å². The molecule has 4 heterocycles. The highest BCUT2D eigenvalue weighted by molar-refractivity contribution is 6.30. The summed E-state index contributed by atoms with van der Waals surface area (Å²) in [6.45, 7) is 4.26. The van der Waals surface area contributed by atoms with Crippen LogP contribution >= 0.6 is 11.6 Å². The fourth-order valence-electron chi connectivity index (χ4n) is 4.91. The van der Waals surface area contributed by atoms with Crippen LogP contribution in [0.2, 0.25) is 5.02 Å². The molecule has 11 nitrogen and oxygen atoms in total. The zero-order valence-electron chi connectivity index (χ0n) is 22.8. The van der Waals surface area contributed by atoms with E-state index >= 15 is 0 Å². The normalized spacial score (nSPS) is 14.3. The largest absolute Gasteiger partial charge is 0.382 e. The molecule has 1 aliphatic rings. The number of hydrogen-bond donors (Lipinski definition) is 3. The quantitative estimate of drug-likeness (QED) is 0.234. The van der Waals surface area contributed by atoms with Gasteiger partial charge in [0.15, 0.2) is 28.8 Å². The van der Waals surface area contributed by atoms with E-state index in [0.29, 0.717) is 45.7 Å². The van der Waals surface area contributed by atoms with Crippen molar-refractivity contribution >= 4 is 40.5 Å². The number of benzene rings is 2. The molecular formula is C29H28ClFN10O. The number of halogens is 2. The smallest absolute Gasteiger partial charge is 0.274 e. The average Bonchev–Trinajstić information content (AvgIpc) is 3.64. The van der Waals surface area contributed by atoms with E-state index in [1.165, 1.54) is 16.8 Å². The van der Waals surface area contributed by atoms with Gasteiger partial charge in [-0.2, -0.15) is 4.52 Å². The second kappa shape index (κ2) is 11.7. The van der Waals surface area contributed by atoms with Gasteiger partial charge in [0.1, 0.15) is 5.82 Å². The summed E-state index contributed by atoms with van der Waals surface area (Å²) in [7, 11) is 0. The number of amides is 1. The second-order valence-corrected chi connectivity index (χ2v) is 10.6. The van der Waals surface area contributed by atoms with Gasteiger partial charge in [-0.05, 0) is 69.3 Å². The number of rotatable bonds is 8. The van der Waals surface area contributed by atoms with Gasteiger partial charge >= 0.3 is 0 Å². The molecule has 214 valence electrons. The Morgan fingerprint density at radius 2 is 1.95 bits per heavy atom. The molecule has 42 heavy (non-hydrogen) atoms. The van der Waals surface area contributed by atoms with E-state index in [1.807, 2.05) is 12.1 Å². The highest BCUT2D eigenvalue weighted by Crippen LogP contribution is 2.24. The monoisotopic (exact) mass is 586 g/mol. The molecule has 1 atom stereocenters. The third-order valence-corrected chi connectivity index (χ3v) is 7.31. The van der Waals surface area contributed by atoms with Crippen molar-refractivity contribution in [3.63, 3.8) is 0 Å². The number of fused-ring (bicyclic) bond motifs is 1. The number of carbonyl (C=O) groups is 1. The zero-order chi connectivity index (χ0) is 29.2. The summed E-state index contributed by atoms with van der Waals surface area (Å²) >= 11 is 6.09. The van der Waals surface area contributed by atoms with E-state index in [2.05, 4.69) is 40.8 Å². The first kappa shape index (κ1) is 27.5. The SMILES string of the molecule is C[C@@H](NC(=O)c1nc(-c2ccc(CN3CCCC3)c(F)c2)cnc1N)c1nnc2ccc(Nc3cccc(Cl)c3)nn12. The summed E-state index contributed by atoms with van der Waals surface area (Å²) in [6.07, 6.45) is 3.70. The summed E-state index contributed by atoms with van der Waals surface area (Å²) < 4.78 is 16.5. The predicted octanol–water partition coefficient (Wildman–Crippen LogP) is 4.79. The van der Waals surface area contributed by atoms with Gasteiger partial charge in [0.2, 0.25) is 0 Å². The van der Waals surface area contributed by atoms with Crippen molar-refractivity contribution in [3.8, 4) is 11.3 Å². The van der Waals surface area contributed by atoms with Crippen LogP contribution in [-0.4, -0.2) is 53.7 Å². The summed E-state index contributed by atoms with van der Waals surface area (Å²) in [5.41, 5.74) is 8.67. The van der Waals surface area contributed by atoms with Crippen LogP contribution in [0, 0.1) is 5.82 Å². The minimum absolute atomic E-state index is 0.0492. The Morgan fingerprint density at radius 1 is 1.12 bits per heavy atom. The fourth-order valence-corrected chi connectivity index (χ4v) is 5.10. The van der Waals surface area contributed by atoms with Crippen molar-refractivity contribution in [1.82, 2.24) is 40.0 Å². The van der Waals surface area contributed by atoms with Crippen LogP contribution in [0.25, 0.3) is 16.9 Å². The number of likely N-dealkylation sites (tertiary alicyclic amines) is 1. The lowest BCUT2D eigenvalue weighted by Crippen LogP contribution is -2.30. The molecule has 0 saturated carbocycles. The first-order chi connectivity index (χ1) is 20.3. The van der Waals surface area contributed by atoms with Crippen molar-refractivity contribution < 1.29 is 9.18 Å². The minimum atomic E-state index is -0.617. The maximum atomic E-state index is 14.9. The Morgan fingerprint density at radius 3 is 2.74 bits per heavy atom. The second-order valence-electron chi connectivity index (χ2n) is 10.2. The molecular weight excluding hydrogens is 559 g/mol. The maximum absolute atomic E-state index is 14.9. The molecule has 6 rings (SSSR count). The third-order valence-electron chi connectivity index (χ3n) is 7.08. The zero-order valence-corrected chi connectivity index (χ0v) is 23.5. The first-order valence-corrected chi connectivity index (χ1v) is 13.9. The molecule has 1 saturated heterocycles. The minimum Gasteiger partial charge on any atom is -0.382 e. The molecule has 5 aromatic rings. The Labute approximate surface area is 245 Å². The fraction of sp³-hybridized carbons (Fsp3) is 0.241. The topological polar surface area (TPSA) is 139 Å². The Kier molecular flexibility index (Phi) is 7.64. The van der Waals surface area contributed by atoms with Gasteiger partial charge in [0.05, 0.1) is 17.9 Å². The average molecular weight is 587 g/mol. The van der Waals surface area contributed by atoms with Crippen molar-refractivity contribution in [3.05, 3.63) is 88.7 Å². The molecule has 3 aromatic heterocycles. The number of hydrogen-bond acceptors (Lipinski definition) is 9.